The van der Waals surface area contributed by atoms with Crippen molar-refractivity contribution in [2.45, 2.75) is 70.3 Å². The topological polar surface area (TPSA) is 143 Å². The molecule has 3 aromatic rings. The number of nitrogens with one attached hydrogen (secondary N) is 1. The summed E-state index contributed by atoms with van der Waals surface area (Å²) in [4.78, 5) is 56.3. The molecule has 4 amide bonds. The number of anilines is 3. The number of methoxy groups -OCH3 is 1. The molecule has 4 aliphatic heterocycles. The number of carbonyl (C=O) groups is 4. The first-order valence-electron chi connectivity index (χ1n) is 18.6. The van der Waals surface area contributed by atoms with Crippen molar-refractivity contribution in [2.24, 2.45) is 24.3 Å². The van der Waals surface area contributed by atoms with Crippen LogP contribution in [0.5, 0.6) is 5.75 Å². The molecule has 12 nitrogen and oxygen atoms in total. The second kappa shape index (κ2) is 13.2. The van der Waals surface area contributed by atoms with Crippen LogP contribution < -0.4 is 25.6 Å². The third-order valence-corrected chi connectivity index (χ3v) is 12.5. The van der Waals surface area contributed by atoms with Crippen molar-refractivity contribution >= 4 is 40.7 Å². The van der Waals surface area contributed by atoms with Crippen molar-refractivity contribution in [3.05, 3.63) is 53.6 Å². The van der Waals surface area contributed by atoms with Crippen LogP contribution in [0.25, 0.3) is 11.1 Å². The number of aryl methyl sites for hydroxylation is 1. The Morgan fingerprint density at radius 3 is 2.25 bits per heavy atom. The second-order valence-electron chi connectivity index (χ2n) is 15.5. The van der Waals surface area contributed by atoms with Crippen LogP contribution in [0.2, 0.25) is 0 Å². The standard InChI is InChI=1S/C39H46FN7O5/c1-44-21-25(20-42-44)26-17-30(41)34(52-2)19-32(26)45-14-8-24(9-15-45)23-6-11-39(12-7-23)10-3-13-46(22-39)33-18-28-27(16-29(33)40)37(50)47(38(28)51)31-4-5-35(48)43-36(31)49/h16-21,23-24,31H,3-15,22,41H2,1-2H3,(H,43,48,49). The summed E-state index contributed by atoms with van der Waals surface area (Å²) >= 11 is 0. The number of halogens is 1. The zero-order valence-corrected chi connectivity index (χ0v) is 29.8. The Morgan fingerprint density at radius 1 is 0.865 bits per heavy atom. The normalized spacial score (nSPS) is 25.6. The number of amides is 4. The van der Waals surface area contributed by atoms with Gasteiger partial charge in [-0.25, -0.2) is 4.39 Å². The first-order valence-corrected chi connectivity index (χ1v) is 18.6. The lowest BCUT2D eigenvalue weighted by Gasteiger charge is -2.49. The van der Waals surface area contributed by atoms with Crippen LogP contribution in [0.4, 0.5) is 21.5 Å². The van der Waals surface area contributed by atoms with Crippen LogP contribution in [0.1, 0.15) is 84.9 Å². The van der Waals surface area contributed by atoms with E-state index < -0.39 is 35.5 Å². The third kappa shape index (κ3) is 5.97. The number of ether oxygens (including phenoxy) is 1. The van der Waals surface area contributed by atoms with Gasteiger partial charge in [0.1, 0.15) is 17.6 Å². The minimum Gasteiger partial charge on any atom is -0.495 e. The van der Waals surface area contributed by atoms with Crippen LogP contribution in [0.3, 0.4) is 0 Å². The number of benzene rings is 2. The fourth-order valence-electron chi connectivity index (χ4n) is 9.69. The fraction of sp³-hybridized carbons (Fsp3) is 0.513. The number of carbonyl (C=O) groups excluding carboxylic acids is 4. The number of fused-ring (bicyclic) bond motifs is 1. The van der Waals surface area contributed by atoms with Crippen molar-refractivity contribution < 1.29 is 28.3 Å². The molecule has 1 aliphatic carbocycles. The summed E-state index contributed by atoms with van der Waals surface area (Å²) in [6.45, 7) is 3.30. The predicted molar refractivity (Wildman–Crippen MR) is 193 cm³/mol. The summed E-state index contributed by atoms with van der Waals surface area (Å²) in [5.41, 5.74) is 10.7. The van der Waals surface area contributed by atoms with E-state index in [0.29, 0.717) is 42.0 Å². The molecule has 13 heteroatoms. The van der Waals surface area contributed by atoms with Crippen molar-refractivity contribution in [1.29, 1.82) is 0 Å². The molecule has 2 aromatic carbocycles. The Bertz CT molecular complexity index is 1940. The van der Waals surface area contributed by atoms with Gasteiger partial charge in [0.2, 0.25) is 11.8 Å². The van der Waals surface area contributed by atoms with E-state index in [1.165, 1.54) is 6.07 Å². The first kappa shape index (κ1) is 34.2. The maximum absolute atomic E-state index is 15.8. The smallest absolute Gasteiger partial charge is 0.262 e. The van der Waals surface area contributed by atoms with Gasteiger partial charge in [-0.15, -0.1) is 0 Å². The van der Waals surface area contributed by atoms with E-state index in [4.69, 9.17) is 10.5 Å². The molecule has 5 aliphatic rings. The lowest BCUT2D eigenvalue weighted by atomic mass is 9.63. The second-order valence-corrected chi connectivity index (χ2v) is 15.5. The van der Waals surface area contributed by atoms with Gasteiger partial charge in [-0.2, -0.15) is 5.10 Å². The maximum Gasteiger partial charge on any atom is 0.262 e. The molecule has 3 N–H and O–H groups in total. The number of nitrogen functional groups attached to an aromatic ring is 1. The molecule has 1 atom stereocenters. The number of hydrogen-bond acceptors (Lipinski definition) is 9. The molecule has 1 spiro atoms. The van der Waals surface area contributed by atoms with E-state index >= 15 is 4.39 Å². The maximum atomic E-state index is 15.8. The van der Waals surface area contributed by atoms with E-state index in [1.807, 2.05) is 25.5 Å². The van der Waals surface area contributed by atoms with Gasteiger partial charge < -0.3 is 20.3 Å². The largest absolute Gasteiger partial charge is 0.495 e. The lowest BCUT2D eigenvalue weighted by molar-refractivity contribution is -0.136. The highest BCUT2D eigenvalue weighted by Crippen LogP contribution is 2.50. The molecule has 0 bridgehead atoms. The molecule has 0 radical (unpaired) electrons. The Hall–Kier alpha value is -4.94. The summed E-state index contributed by atoms with van der Waals surface area (Å²) < 4.78 is 23.2. The average Bonchev–Trinajstić information content (AvgIpc) is 3.67. The zero-order valence-electron chi connectivity index (χ0n) is 29.8. The monoisotopic (exact) mass is 711 g/mol. The molecular weight excluding hydrogens is 665 g/mol. The summed E-state index contributed by atoms with van der Waals surface area (Å²) in [6, 6.07) is 5.63. The highest BCUT2D eigenvalue weighted by Gasteiger charge is 2.46. The van der Waals surface area contributed by atoms with Crippen molar-refractivity contribution in [3.63, 3.8) is 0 Å². The number of piperidine rings is 3. The molecule has 3 saturated heterocycles. The van der Waals surface area contributed by atoms with Crippen molar-refractivity contribution in [2.75, 3.05) is 48.8 Å². The Morgan fingerprint density at radius 2 is 1.58 bits per heavy atom. The van der Waals surface area contributed by atoms with E-state index in [-0.39, 0.29) is 29.4 Å². The molecule has 1 saturated carbocycles. The van der Waals surface area contributed by atoms with Gasteiger partial charge in [0.05, 0.1) is 35.8 Å². The number of hydrogen-bond donors (Lipinski definition) is 2. The molecule has 274 valence electrons. The van der Waals surface area contributed by atoms with E-state index in [0.717, 1.165) is 92.2 Å². The van der Waals surface area contributed by atoms with E-state index in [2.05, 4.69) is 26.3 Å². The highest BCUT2D eigenvalue weighted by molar-refractivity contribution is 6.23. The van der Waals surface area contributed by atoms with E-state index in [1.54, 1.807) is 11.8 Å². The highest BCUT2D eigenvalue weighted by atomic mass is 19.1. The number of rotatable bonds is 6. The zero-order chi connectivity index (χ0) is 36.3. The van der Waals surface area contributed by atoms with Crippen LogP contribution in [0.15, 0.2) is 36.7 Å². The number of imide groups is 2. The lowest BCUT2D eigenvalue weighted by Crippen LogP contribution is -2.54. The van der Waals surface area contributed by atoms with Gasteiger partial charge >= 0.3 is 0 Å². The Balaban J connectivity index is 0.916. The van der Waals surface area contributed by atoms with Gasteiger partial charge in [0.25, 0.3) is 11.8 Å². The summed E-state index contributed by atoms with van der Waals surface area (Å²) in [5, 5.41) is 6.59. The van der Waals surface area contributed by atoms with Crippen LogP contribution in [-0.4, -0.2) is 77.6 Å². The minimum atomic E-state index is -1.08. The number of aromatic nitrogens is 2. The number of nitrogens with zero attached hydrogens (tertiary/aromatic N) is 5. The van der Waals surface area contributed by atoms with Crippen LogP contribution >= 0.6 is 0 Å². The fourth-order valence-corrected chi connectivity index (χ4v) is 9.69. The average molecular weight is 712 g/mol. The quantitative estimate of drug-likeness (QED) is 0.269. The molecule has 1 aromatic heterocycles. The Labute approximate surface area is 302 Å². The Kier molecular flexibility index (Phi) is 8.70. The molecular formula is C39H46FN7O5. The summed E-state index contributed by atoms with van der Waals surface area (Å²) in [7, 11) is 3.56. The molecule has 5 heterocycles. The van der Waals surface area contributed by atoms with Gasteiger partial charge in [-0.1, -0.05) is 0 Å². The van der Waals surface area contributed by atoms with Crippen molar-refractivity contribution in [1.82, 2.24) is 20.0 Å². The third-order valence-electron chi connectivity index (χ3n) is 12.5. The van der Waals surface area contributed by atoms with Crippen molar-refractivity contribution in [3.8, 4) is 16.9 Å². The number of nitrogens with two attached hydrogens (primary N) is 1. The minimum absolute atomic E-state index is 0.0296. The van der Waals surface area contributed by atoms with Crippen LogP contribution in [0, 0.1) is 23.1 Å². The molecule has 4 fully saturated rings. The predicted octanol–water partition coefficient (Wildman–Crippen LogP) is 4.91. The summed E-state index contributed by atoms with van der Waals surface area (Å²) in [6.07, 6.45) is 12.7. The van der Waals surface area contributed by atoms with Gasteiger partial charge in [0.15, 0.2) is 0 Å². The van der Waals surface area contributed by atoms with E-state index in [9.17, 15) is 19.2 Å². The SMILES string of the molecule is COc1cc(N2CCC(C3CCC4(CCCN(c5cc6c(cc5F)C(=O)N(C5CCC(=O)NC5=O)C6=O)C4)CC3)CC2)c(-c2cnn(C)c2)cc1N. The van der Waals surface area contributed by atoms with Crippen LogP contribution in [-0.2, 0) is 16.6 Å². The van der Waals surface area contributed by atoms with Gasteiger partial charge in [-0.05, 0) is 93.2 Å². The first-order chi connectivity index (χ1) is 25.0. The molecule has 1 unspecified atom stereocenters. The summed E-state index contributed by atoms with van der Waals surface area (Å²) in [5.74, 6) is -0.972. The van der Waals surface area contributed by atoms with Gasteiger partial charge in [0, 0.05) is 68.7 Å². The molecule has 52 heavy (non-hydrogen) atoms. The molecule has 8 rings (SSSR count). The van der Waals surface area contributed by atoms with Gasteiger partial charge in [-0.3, -0.25) is 34.1 Å².